The third kappa shape index (κ3) is 4.10. The highest BCUT2D eigenvalue weighted by Crippen LogP contribution is 2.16. The van der Waals surface area contributed by atoms with Crippen molar-refractivity contribution in [3.63, 3.8) is 0 Å². The lowest BCUT2D eigenvalue weighted by molar-refractivity contribution is 0.380. The number of sulfonamides is 1. The second kappa shape index (κ2) is 6.79. The van der Waals surface area contributed by atoms with E-state index in [0.29, 0.717) is 17.9 Å². The summed E-state index contributed by atoms with van der Waals surface area (Å²) < 4.78 is 45.1. The first-order valence-corrected chi connectivity index (χ1v) is 7.89. The molecule has 1 aromatic heterocycles. The van der Waals surface area contributed by atoms with Gasteiger partial charge in [-0.05, 0) is 24.2 Å². The van der Waals surface area contributed by atoms with Gasteiger partial charge in [0.25, 0.3) is 0 Å². The lowest BCUT2D eigenvalue weighted by Crippen LogP contribution is -2.24. The Morgan fingerprint density at radius 1 is 1.29 bits per heavy atom. The number of hydrogen-bond donors (Lipinski definition) is 2. The van der Waals surface area contributed by atoms with Crippen LogP contribution in [0.4, 0.5) is 4.39 Å². The highest BCUT2D eigenvalue weighted by Gasteiger charge is 2.19. The molecule has 114 valence electrons. The SMILES string of the molecule is CCNCc1ccc(S(=O)(=O)NCc2ccno2)c(F)c1. The molecule has 6 nitrogen and oxygen atoms in total. The summed E-state index contributed by atoms with van der Waals surface area (Å²) in [6, 6.07) is 5.57. The van der Waals surface area contributed by atoms with Crippen molar-refractivity contribution in [3.8, 4) is 0 Å². The van der Waals surface area contributed by atoms with Crippen LogP contribution in [-0.2, 0) is 23.1 Å². The largest absolute Gasteiger partial charge is 0.360 e. The fraction of sp³-hybridized carbons (Fsp3) is 0.308. The van der Waals surface area contributed by atoms with E-state index in [1.807, 2.05) is 6.92 Å². The average molecular weight is 313 g/mol. The molecule has 0 aliphatic carbocycles. The molecule has 0 radical (unpaired) electrons. The van der Waals surface area contributed by atoms with Crippen LogP contribution in [0.5, 0.6) is 0 Å². The van der Waals surface area contributed by atoms with E-state index >= 15 is 0 Å². The monoisotopic (exact) mass is 313 g/mol. The van der Waals surface area contributed by atoms with E-state index in [2.05, 4.69) is 15.2 Å². The summed E-state index contributed by atoms with van der Waals surface area (Å²) in [6.07, 6.45) is 1.40. The van der Waals surface area contributed by atoms with Gasteiger partial charge in [-0.2, -0.15) is 0 Å². The van der Waals surface area contributed by atoms with Crippen LogP contribution in [0, 0.1) is 5.82 Å². The molecule has 0 aliphatic heterocycles. The number of halogens is 1. The molecule has 0 amide bonds. The molecule has 0 unspecified atom stereocenters. The number of nitrogens with one attached hydrogen (secondary N) is 2. The quantitative estimate of drug-likeness (QED) is 0.807. The summed E-state index contributed by atoms with van der Waals surface area (Å²) in [5, 5.41) is 6.51. The molecule has 1 aromatic carbocycles. The maximum Gasteiger partial charge on any atom is 0.243 e. The molecule has 0 bridgehead atoms. The minimum Gasteiger partial charge on any atom is -0.360 e. The van der Waals surface area contributed by atoms with E-state index in [1.54, 1.807) is 6.07 Å². The zero-order chi connectivity index (χ0) is 15.3. The van der Waals surface area contributed by atoms with Gasteiger partial charge in [-0.25, -0.2) is 17.5 Å². The summed E-state index contributed by atoms with van der Waals surface area (Å²) in [5.74, 6) is -0.432. The standard InChI is InChI=1S/C13H16FN3O3S/c1-2-15-8-10-3-4-13(12(14)7-10)21(18,19)17-9-11-5-6-16-20-11/h3-7,15,17H,2,8-9H2,1H3. The van der Waals surface area contributed by atoms with E-state index < -0.39 is 15.8 Å². The number of aromatic nitrogens is 1. The van der Waals surface area contributed by atoms with Gasteiger partial charge in [0.05, 0.1) is 12.7 Å². The van der Waals surface area contributed by atoms with Gasteiger partial charge in [0.2, 0.25) is 10.0 Å². The molecule has 0 spiro atoms. The van der Waals surface area contributed by atoms with Crippen molar-refractivity contribution in [2.75, 3.05) is 6.54 Å². The molecule has 0 fully saturated rings. The smallest absolute Gasteiger partial charge is 0.243 e. The van der Waals surface area contributed by atoms with Crippen molar-refractivity contribution in [3.05, 3.63) is 47.6 Å². The van der Waals surface area contributed by atoms with Gasteiger partial charge in [-0.15, -0.1) is 0 Å². The number of rotatable bonds is 7. The third-order valence-corrected chi connectivity index (χ3v) is 4.23. The van der Waals surface area contributed by atoms with Crippen LogP contribution in [-0.4, -0.2) is 20.1 Å². The van der Waals surface area contributed by atoms with E-state index in [0.717, 1.165) is 6.54 Å². The van der Waals surface area contributed by atoms with E-state index in [4.69, 9.17) is 4.52 Å². The molecule has 0 aliphatic rings. The first kappa shape index (κ1) is 15.6. The number of hydrogen-bond acceptors (Lipinski definition) is 5. The van der Waals surface area contributed by atoms with Crippen LogP contribution in [0.1, 0.15) is 18.2 Å². The van der Waals surface area contributed by atoms with Crippen molar-refractivity contribution in [2.45, 2.75) is 24.9 Å². The molecule has 21 heavy (non-hydrogen) atoms. The molecule has 0 saturated heterocycles. The minimum atomic E-state index is -3.94. The lowest BCUT2D eigenvalue weighted by Gasteiger charge is -2.08. The van der Waals surface area contributed by atoms with Gasteiger partial charge in [0.15, 0.2) is 5.76 Å². The highest BCUT2D eigenvalue weighted by atomic mass is 32.2. The minimum absolute atomic E-state index is 0.0824. The van der Waals surface area contributed by atoms with Crippen molar-refractivity contribution in [2.24, 2.45) is 0 Å². The molecule has 8 heteroatoms. The van der Waals surface area contributed by atoms with Crippen molar-refractivity contribution < 1.29 is 17.3 Å². The Labute approximate surface area is 122 Å². The summed E-state index contributed by atoms with van der Waals surface area (Å²) >= 11 is 0. The van der Waals surface area contributed by atoms with Gasteiger partial charge in [0.1, 0.15) is 10.7 Å². The van der Waals surface area contributed by atoms with Crippen LogP contribution >= 0.6 is 0 Å². The molecular weight excluding hydrogens is 297 g/mol. The highest BCUT2D eigenvalue weighted by molar-refractivity contribution is 7.89. The van der Waals surface area contributed by atoms with Gasteiger partial charge in [0, 0.05) is 12.6 Å². The summed E-state index contributed by atoms with van der Waals surface area (Å²) in [7, 11) is -3.94. The topological polar surface area (TPSA) is 84.2 Å². The van der Waals surface area contributed by atoms with Crippen LogP contribution in [0.2, 0.25) is 0 Å². The van der Waals surface area contributed by atoms with Crippen molar-refractivity contribution >= 4 is 10.0 Å². The first-order chi connectivity index (χ1) is 10.0. The van der Waals surface area contributed by atoms with Crippen LogP contribution in [0.15, 0.2) is 39.9 Å². The second-order valence-electron chi connectivity index (χ2n) is 4.35. The summed E-state index contributed by atoms with van der Waals surface area (Å²) in [4.78, 5) is -0.387. The van der Waals surface area contributed by atoms with Gasteiger partial charge in [-0.3, -0.25) is 0 Å². The summed E-state index contributed by atoms with van der Waals surface area (Å²) in [6.45, 7) is 3.09. The Morgan fingerprint density at radius 3 is 2.71 bits per heavy atom. The molecule has 2 aromatic rings. The normalized spacial score (nSPS) is 11.7. The second-order valence-corrected chi connectivity index (χ2v) is 6.08. The Balaban J connectivity index is 2.12. The fourth-order valence-electron chi connectivity index (χ4n) is 1.72. The predicted octanol–water partition coefficient (Wildman–Crippen LogP) is 1.40. The molecule has 2 N–H and O–H groups in total. The van der Waals surface area contributed by atoms with Gasteiger partial charge >= 0.3 is 0 Å². The zero-order valence-electron chi connectivity index (χ0n) is 11.5. The molecule has 2 rings (SSSR count). The summed E-state index contributed by atoms with van der Waals surface area (Å²) in [5.41, 5.74) is 0.684. The van der Waals surface area contributed by atoms with Crippen molar-refractivity contribution in [1.82, 2.24) is 15.2 Å². The van der Waals surface area contributed by atoms with Crippen LogP contribution < -0.4 is 10.0 Å². The average Bonchev–Trinajstić information content (AvgIpc) is 2.96. The Bertz CT molecular complexity index is 687. The van der Waals surface area contributed by atoms with E-state index in [-0.39, 0.29) is 11.4 Å². The Hall–Kier alpha value is -1.77. The van der Waals surface area contributed by atoms with Gasteiger partial charge in [-0.1, -0.05) is 18.1 Å². The van der Waals surface area contributed by atoms with Crippen molar-refractivity contribution in [1.29, 1.82) is 0 Å². The lowest BCUT2D eigenvalue weighted by atomic mass is 10.2. The number of nitrogens with zero attached hydrogens (tertiary/aromatic N) is 1. The van der Waals surface area contributed by atoms with Gasteiger partial charge < -0.3 is 9.84 Å². The van der Waals surface area contributed by atoms with E-state index in [1.165, 1.54) is 24.4 Å². The van der Waals surface area contributed by atoms with Crippen LogP contribution in [0.25, 0.3) is 0 Å². The molecule has 0 saturated carbocycles. The molecular formula is C13H16FN3O3S. The third-order valence-electron chi connectivity index (χ3n) is 2.79. The molecule has 1 heterocycles. The molecule has 0 atom stereocenters. The number of benzene rings is 1. The Morgan fingerprint density at radius 2 is 2.10 bits per heavy atom. The first-order valence-electron chi connectivity index (χ1n) is 6.41. The Kier molecular flexibility index (Phi) is 5.05. The fourth-order valence-corrected chi connectivity index (χ4v) is 2.77. The van der Waals surface area contributed by atoms with E-state index in [9.17, 15) is 12.8 Å². The van der Waals surface area contributed by atoms with Crippen LogP contribution in [0.3, 0.4) is 0 Å². The zero-order valence-corrected chi connectivity index (χ0v) is 12.3. The maximum absolute atomic E-state index is 14.0. The predicted molar refractivity (Wildman–Crippen MR) is 74.3 cm³/mol. The maximum atomic E-state index is 14.0.